The highest BCUT2D eigenvalue weighted by Crippen LogP contribution is 2.35. The van der Waals surface area contributed by atoms with Gasteiger partial charge in [-0.25, -0.2) is 0 Å². The normalized spacial score (nSPS) is 25.5. The summed E-state index contributed by atoms with van der Waals surface area (Å²) in [5, 5.41) is 3.91. The van der Waals surface area contributed by atoms with Crippen LogP contribution in [0.25, 0.3) is 0 Å². The zero-order valence-electron chi connectivity index (χ0n) is 13.7. The predicted molar refractivity (Wildman–Crippen MR) is 88.8 cm³/mol. The first-order valence-corrected chi connectivity index (χ1v) is 8.54. The maximum Gasteiger partial charge on any atom is 0.0556 e. The van der Waals surface area contributed by atoms with Crippen molar-refractivity contribution in [3.8, 4) is 0 Å². The molecule has 0 bridgehead atoms. The number of pyridine rings is 1. The minimum atomic E-state index is 0.342. The van der Waals surface area contributed by atoms with E-state index in [0.29, 0.717) is 17.5 Å². The highest BCUT2D eigenvalue weighted by molar-refractivity contribution is 5.47. The Balaban J connectivity index is 1.85. The lowest BCUT2D eigenvalue weighted by molar-refractivity contribution is 0.184. The third-order valence-corrected chi connectivity index (χ3v) is 5.37. The predicted octanol–water partition coefficient (Wildman–Crippen LogP) is 3.53. The summed E-state index contributed by atoms with van der Waals surface area (Å²) < 4.78 is 0. The molecule has 1 saturated heterocycles. The molecule has 1 unspecified atom stereocenters. The molecule has 2 fully saturated rings. The Labute approximate surface area is 129 Å². The molecule has 2 heterocycles. The number of aryl methyl sites for hydroxylation is 1. The average Bonchev–Trinajstić information content (AvgIpc) is 2.48. The fourth-order valence-electron chi connectivity index (χ4n) is 4.00. The number of rotatable bonds is 2. The topological polar surface area (TPSA) is 28.2 Å². The van der Waals surface area contributed by atoms with Crippen LogP contribution in [0.3, 0.4) is 0 Å². The number of hydrogen-bond donors (Lipinski definition) is 1. The van der Waals surface area contributed by atoms with Crippen LogP contribution < -0.4 is 10.2 Å². The summed E-state index contributed by atoms with van der Waals surface area (Å²) in [6.45, 7) is 8.97. The highest BCUT2D eigenvalue weighted by Gasteiger charge is 2.40. The molecule has 0 amide bonds. The lowest BCUT2D eigenvalue weighted by atomic mass is 9.78. The quantitative estimate of drug-likeness (QED) is 0.902. The molecule has 1 aromatic heterocycles. The number of anilines is 1. The van der Waals surface area contributed by atoms with Gasteiger partial charge in [-0.2, -0.15) is 0 Å². The van der Waals surface area contributed by atoms with Gasteiger partial charge in [0.05, 0.1) is 11.9 Å². The Kier molecular flexibility index (Phi) is 4.21. The molecule has 21 heavy (non-hydrogen) atoms. The number of aromatic nitrogens is 1. The minimum absolute atomic E-state index is 0.342. The fraction of sp³-hybridized carbons (Fsp3) is 0.722. The maximum atomic E-state index is 4.52. The number of nitrogens with one attached hydrogen (secondary N) is 1. The Morgan fingerprint density at radius 3 is 2.62 bits per heavy atom. The molecule has 0 radical (unpaired) electrons. The summed E-state index contributed by atoms with van der Waals surface area (Å²) in [5.74, 6) is 0.653. The third-order valence-electron chi connectivity index (χ3n) is 5.37. The van der Waals surface area contributed by atoms with Crippen molar-refractivity contribution in [2.75, 3.05) is 18.0 Å². The maximum absolute atomic E-state index is 4.52. The van der Waals surface area contributed by atoms with Crippen LogP contribution in [-0.4, -0.2) is 29.7 Å². The Bertz CT molecular complexity index is 460. The van der Waals surface area contributed by atoms with Gasteiger partial charge in [-0.1, -0.05) is 33.1 Å². The molecule has 1 atom stereocenters. The zero-order chi connectivity index (χ0) is 14.9. The average molecular weight is 287 g/mol. The van der Waals surface area contributed by atoms with E-state index in [1.807, 2.05) is 0 Å². The lowest BCUT2D eigenvalue weighted by Gasteiger charge is -2.51. The molecular weight excluding hydrogens is 258 g/mol. The molecule has 0 aromatic carbocycles. The number of nitrogens with zero attached hydrogens (tertiary/aromatic N) is 2. The first-order chi connectivity index (χ1) is 10.1. The minimum Gasteiger partial charge on any atom is -0.364 e. The van der Waals surface area contributed by atoms with Crippen LogP contribution in [0, 0.1) is 12.8 Å². The molecule has 3 rings (SSSR count). The molecule has 1 aliphatic carbocycles. The number of piperazine rings is 1. The van der Waals surface area contributed by atoms with Gasteiger partial charge in [-0.15, -0.1) is 0 Å². The van der Waals surface area contributed by atoms with Crippen LogP contribution in [0.4, 0.5) is 5.69 Å². The summed E-state index contributed by atoms with van der Waals surface area (Å²) in [5.41, 5.74) is 2.74. The van der Waals surface area contributed by atoms with Crippen LogP contribution in [0.1, 0.15) is 51.6 Å². The van der Waals surface area contributed by atoms with Gasteiger partial charge in [0.2, 0.25) is 0 Å². The van der Waals surface area contributed by atoms with Crippen molar-refractivity contribution in [2.24, 2.45) is 5.92 Å². The molecule has 1 saturated carbocycles. The van der Waals surface area contributed by atoms with E-state index in [1.165, 1.54) is 37.8 Å². The molecule has 3 heteroatoms. The zero-order valence-corrected chi connectivity index (χ0v) is 13.7. The van der Waals surface area contributed by atoms with Crippen LogP contribution in [-0.2, 0) is 0 Å². The van der Waals surface area contributed by atoms with Crippen molar-refractivity contribution < 1.29 is 0 Å². The van der Waals surface area contributed by atoms with E-state index >= 15 is 0 Å². The number of hydrogen-bond acceptors (Lipinski definition) is 3. The van der Waals surface area contributed by atoms with E-state index < -0.39 is 0 Å². The van der Waals surface area contributed by atoms with E-state index in [9.17, 15) is 0 Å². The van der Waals surface area contributed by atoms with Gasteiger partial charge in [0, 0.05) is 30.4 Å². The second kappa shape index (κ2) is 5.96. The first kappa shape index (κ1) is 14.8. The van der Waals surface area contributed by atoms with Gasteiger partial charge in [0.1, 0.15) is 0 Å². The van der Waals surface area contributed by atoms with Crippen molar-refractivity contribution in [1.29, 1.82) is 0 Å². The second-order valence-electron chi connectivity index (χ2n) is 7.32. The van der Waals surface area contributed by atoms with Crippen molar-refractivity contribution in [3.05, 3.63) is 24.0 Å². The van der Waals surface area contributed by atoms with Crippen molar-refractivity contribution in [1.82, 2.24) is 10.3 Å². The molecule has 1 N–H and O–H groups in total. The van der Waals surface area contributed by atoms with E-state index in [2.05, 4.69) is 54.3 Å². The molecule has 1 aromatic rings. The first-order valence-electron chi connectivity index (χ1n) is 8.54. The van der Waals surface area contributed by atoms with Crippen LogP contribution in [0.5, 0.6) is 0 Å². The van der Waals surface area contributed by atoms with Crippen LogP contribution in [0.2, 0.25) is 0 Å². The fourth-order valence-corrected chi connectivity index (χ4v) is 4.00. The SMILES string of the molecule is Cc1ccc(N2CC3(CCCCC3)NCC2C(C)C)cn1. The summed E-state index contributed by atoms with van der Waals surface area (Å²) in [6, 6.07) is 4.96. The summed E-state index contributed by atoms with van der Waals surface area (Å²) in [4.78, 5) is 7.14. The summed E-state index contributed by atoms with van der Waals surface area (Å²) >= 11 is 0. The van der Waals surface area contributed by atoms with Gasteiger partial charge in [-0.3, -0.25) is 4.98 Å². The van der Waals surface area contributed by atoms with Crippen molar-refractivity contribution in [3.63, 3.8) is 0 Å². The standard InChI is InChI=1S/C18H29N3/c1-14(2)17-12-20-18(9-5-4-6-10-18)13-21(17)16-8-7-15(3)19-11-16/h7-8,11,14,17,20H,4-6,9-10,12-13H2,1-3H3. The van der Waals surface area contributed by atoms with E-state index in [0.717, 1.165) is 18.8 Å². The van der Waals surface area contributed by atoms with E-state index in [-0.39, 0.29) is 0 Å². The Hall–Kier alpha value is -1.09. The molecule has 2 aliphatic rings. The van der Waals surface area contributed by atoms with Crippen molar-refractivity contribution in [2.45, 2.75) is 64.5 Å². The molecule has 1 spiro atoms. The molecule has 116 valence electrons. The summed E-state index contributed by atoms with van der Waals surface area (Å²) in [6.07, 6.45) is 8.87. The van der Waals surface area contributed by atoms with Crippen LogP contribution >= 0.6 is 0 Å². The van der Waals surface area contributed by atoms with E-state index in [1.54, 1.807) is 0 Å². The second-order valence-corrected chi connectivity index (χ2v) is 7.32. The Morgan fingerprint density at radius 1 is 1.24 bits per heavy atom. The lowest BCUT2D eigenvalue weighted by Crippen LogP contribution is -2.66. The van der Waals surface area contributed by atoms with Gasteiger partial charge in [-0.05, 0) is 37.8 Å². The van der Waals surface area contributed by atoms with Gasteiger partial charge >= 0.3 is 0 Å². The van der Waals surface area contributed by atoms with Crippen LogP contribution in [0.15, 0.2) is 18.3 Å². The molecule has 3 nitrogen and oxygen atoms in total. The van der Waals surface area contributed by atoms with Gasteiger partial charge in [0.15, 0.2) is 0 Å². The summed E-state index contributed by atoms with van der Waals surface area (Å²) in [7, 11) is 0. The van der Waals surface area contributed by atoms with Gasteiger partial charge < -0.3 is 10.2 Å². The Morgan fingerprint density at radius 2 is 2.00 bits per heavy atom. The molecule has 1 aliphatic heterocycles. The third kappa shape index (κ3) is 3.08. The van der Waals surface area contributed by atoms with Crippen molar-refractivity contribution >= 4 is 5.69 Å². The van der Waals surface area contributed by atoms with Gasteiger partial charge in [0.25, 0.3) is 0 Å². The van der Waals surface area contributed by atoms with E-state index in [4.69, 9.17) is 0 Å². The molecular formula is C18H29N3. The smallest absolute Gasteiger partial charge is 0.0556 e. The highest BCUT2D eigenvalue weighted by atomic mass is 15.3. The monoisotopic (exact) mass is 287 g/mol. The largest absolute Gasteiger partial charge is 0.364 e.